The zero-order valence-corrected chi connectivity index (χ0v) is 13.3. The Bertz CT molecular complexity index is 985. The van der Waals surface area contributed by atoms with Crippen LogP contribution in [-0.2, 0) is 6.54 Å². The predicted molar refractivity (Wildman–Crippen MR) is 88.5 cm³/mol. The van der Waals surface area contributed by atoms with Gasteiger partial charge >= 0.3 is 0 Å². The minimum atomic E-state index is -0.292. The van der Waals surface area contributed by atoms with Crippen molar-refractivity contribution in [3.63, 3.8) is 0 Å². The maximum atomic E-state index is 9.78. The highest BCUT2D eigenvalue weighted by Gasteiger charge is 2.32. The summed E-state index contributed by atoms with van der Waals surface area (Å²) in [4.78, 5) is 8.50. The number of hydrogen-bond acceptors (Lipinski definition) is 6. The molecule has 4 rings (SSSR count). The average Bonchev–Trinajstić information content (AvgIpc) is 2.63. The van der Waals surface area contributed by atoms with Gasteiger partial charge in [-0.15, -0.1) is 0 Å². The summed E-state index contributed by atoms with van der Waals surface area (Å²) in [5, 5.41) is 27.6. The molecule has 3 N–H and O–H groups in total. The van der Waals surface area contributed by atoms with Gasteiger partial charge in [-0.1, -0.05) is 12.1 Å². The van der Waals surface area contributed by atoms with Gasteiger partial charge in [-0.05, 0) is 17.7 Å². The highest BCUT2D eigenvalue weighted by molar-refractivity contribution is 5.56. The first-order chi connectivity index (χ1) is 12.2. The van der Waals surface area contributed by atoms with Gasteiger partial charge in [0.1, 0.15) is 23.3 Å². The highest BCUT2D eigenvalue weighted by Crippen LogP contribution is 2.45. The number of hydrogen-bond donors (Lipinski definition) is 3. The summed E-state index contributed by atoms with van der Waals surface area (Å²) in [6, 6.07) is 8.70. The van der Waals surface area contributed by atoms with Crippen molar-refractivity contribution in [1.82, 2.24) is 14.5 Å². The lowest BCUT2D eigenvalue weighted by Crippen LogP contribution is -2.30. The van der Waals surface area contributed by atoms with Crippen LogP contribution in [0.25, 0.3) is 0 Å². The number of pyridine rings is 1. The van der Waals surface area contributed by atoms with Crippen LogP contribution in [-0.4, -0.2) is 31.4 Å². The molecule has 126 valence electrons. The minimum Gasteiger partial charge on any atom is -0.508 e. The van der Waals surface area contributed by atoms with Gasteiger partial charge in [0.25, 0.3) is 0 Å². The van der Waals surface area contributed by atoms with Gasteiger partial charge in [-0.3, -0.25) is 10.4 Å². The van der Waals surface area contributed by atoms with Gasteiger partial charge in [0.05, 0.1) is 12.2 Å². The Labute approximate surface area is 143 Å². The Morgan fingerprint density at radius 3 is 2.92 bits per heavy atom. The zero-order chi connectivity index (χ0) is 17.4. The number of phenols is 1. The van der Waals surface area contributed by atoms with Crippen LogP contribution in [0.5, 0.6) is 17.4 Å². The standard InChI is InChI=1S/C18H16N4O3/c19-17-16-15(11-2-1-5-20-9-11)13-4-3-12(24)8-14(13)25-18(16)21-10-22(17)6-7-23/h1-5,8-10,15,19,23-24H,6-7H2. The number of benzene rings is 1. The summed E-state index contributed by atoms with van der Waals surface area (Å²) >= 11 is 0. The second-order valence-electron chi connectivity index (χ2n) is 5.77. The maximum Gasteiger partial charge on any atom is 0.228 e. The molecule has 1 aliphatic rings. The Morgan fingerprint density at radius 2 is 2.16 bits per heavy atom. The molecule has 0 amide bonds. The molecular formula is C18H16N4O3. The van der Waals surface area contributed by atoms with E-state index in [-0.39, 0.29) is 30.3 Å². The quantitative estimate of drug-likeness (QED) is 0.529. The number of aliphatic hydroxyl groups is 1. The predicted octanol–water partition coefficient (Wildman–Crippen LogP) is 1.74. The van der Waals surface area contributed by atoms with E-state index in [0.29, 0.717) is 17.2 Å². The lowest BCUT2D eigenvalue weighted by atomic mass is 9.84. The molecule has 7 nitrogen and oxygen atoms in total. The largest absolute Gasteiger partial charge is 0.508 e. The van der Waals surface area contributed by atoms with Crippen LogP contribution in [0.15, 0.2) is 49.1 Å². The van der Waals surface area contributed by atoms with Gasteiger partial charge in [0.2, 0.25) is 5.88 Å². The fraction of sp³-hybridized carbons (Fsp3) is 0.167. The van der Waals surface area contributed by atoms with Gasteiger partial charge in [-0.25, -0.2) is 4.98 Å². The summed E-state index contributed by atoms with van der Waals surface area (Å²) < 4.78 is 7.42. The third kappa shape index (κ3) is 2.54. The molecule has 0 saturated heterocycles. The average molecular weight is 336 g/mol. The molecule has 2 aromatic heterocycles. The molecule has 1 aromatic carbocycles. The van der Waals surface area contributed by atoms with Crippen molar-refractivity contribution in [2.75, 3.05) is 6.61 Å². The second-order valence-corrected chi connectivity index (χ2v) is 5.77. The number of rotatable bonds is 3. The van der Waals surface area contributed by atoms with Crippen LogP contribution >= 0.6 is 0 Å². The van der Waals surface area contributed by atoms with Crippen molar-refractivity contribution in [2.45, 2.75) is 12.5 Å². The van der Waals surface area contributed by atoms with Gasteiger partial charge in [0, 0.05) is 36.5 Å². The first-order valence-electron chi connectivity index (χ1n) is 7.84. The van der Waals surface area contributed by atoms with Crippen LogP contribution in [0.3, 0.4) is 0 Å². The summed E-state index contributed by atoms with van der Waals surface area (Å²) in [5.74, 6) is 0.642. The SMILES string of the molecule is N=c1c2c(ncn1CCO)Oc1cc(O)ccc1C2c1cccnc1. The molecule has 0 fully saturated rings. The van der Waals surface area contributed by atoms with E-state index in [1.54, 1.807) is 35.2 Å². The highest BCUT2D eigenvalue weighted by atomic mass is 16.5. The Kier molecular flexibility index (Phi) is 3.70. The van der Waals surface area contributed by atoms with Gasteiger partial charge < -0.3 is 19.5 Å². The van der Waals surface area contributed by atoms with Crippen LogP contribution in [0.4, 0.5) is 0 Å². The van der Waals surface area contributed by atoms with Gasteiger partial charge in [-0.2, -0.15) is 0 Å². The normalized spacial score (nSPS) is 15.2. The van der Waals surface area contributed by atoms with E-state index in [9.17, 15) is 10.2 Å². The van der Waals surface area contributed by atoms with E-state index in [1.165, 1.54) is 6.33 Å². The molecule has 0 saturated carbocycles. The number of ether oxygens (including phenoxy) is 1. The number of nitrogens with zero attached hydrogens (tertiary/aromatic N) is 3. The van der Waals surface area contributed by atoms with Crippen molar-refractivity contribution in [3.8, 4) is 17.4 Å². The fourth-order valence-electron chi connectivity index (χ4n) is 3.13. The third-order valence-electron chi connectivity index (χ3n) is 4.25. The van der Waals surface area contributed by atoms with Crippen molar-refractivity contribution in [1.29, 1.82) is 5.41 Å². The van der Waals surface area contributed by atoms with Crippen LogP contribution in [0.1, 0.15) is 22.6 Å². The van der Waals surface area contributed by atoms with Crippen molar-refractivity contribution >= 4 is 0 Å². The molecule has 3 aromatic rings. The first kappa shape index (κ1) is 15.3. The van der Waals surface area contributed by atoms with Crippen molar-refractivity contribution in [2.24, 2.45) is 0 Å². The maximum absolute atomic E-state index is 9.78. The van der Waals surface area contributed by atoms with E-state index in [4.69, 9.17) is 10.1 Å². The molecule has 1 unspecified atom stereocenters. The molecule has 0 aliphatic carbocycles. The zero-order valence-electron chi connectivity index (χ0n) is 13.3. The minimum absolute atomic E-state index is 0.0834. The number of fused-ring (bicyclic) bond motifs is 2. The Hall–Kier alpha value is -3.19. The second kappa shape index (κ2) is 6.03. The van der Waals surface area contributed by atoms with Crippen molar-refractivity contribution in [3.05, 3.63) is 71.2 Å². The molecular weight excluding hydrogens is 320 g/mol. The topological polar surface area (TPSA) is 104 Å². The number of aromatic hydroxyl groups is 1. The van der Waals surface area contributed by atoms with Gasteiger partial charge in [0.15, 0.2) is 0 Å². The van der Waals surface area contributed by atoms with E-state index < -0.39 is 0 Å². The molecule has 3 heterocycles. The number of phenolic OH excluding ortho intramolecular Hbond substituents is 1. The smallest absolute Gasteiger partial charge is 0.228 e. The van der Waals surface area contributed by atoms with Crippen LogP contribution < -0.4 is 10.2 Å². The summed E-state index contributed by atoms with van der Waals surface area (Å²) in [5.41, 5.74) is 2.57. The first-order valence-corrected chi connectivity index (χ1v) is 7.84. The molecule has 1 aliphatic heterocycles. The Balaban J connectivity index is 1.99. The van der Waals surface area contributed by atoms with E-state index in [0.717, 1.165) is 11.1 Å². The molecule has 1 atom stereocenters. The monoisotopic (exact) mass is 336 g/mol. The fourth-order valence-corrected chi connectivity index (χ4v) is 3.13. The lowest BCUT2D eigenvalue weighted by molar-refractivity contribution is 0.271. The number of aromatic nitrogens is 3. The molecule has 7 heteroatoms. The van der Waals surface area contributed by atoms with Crippen molar-refractivity contribution < 1.29 is 14.9 Å². The Morgan fingerprint density at radius 1 is 1.28 bits per heavy atom. The van der Waals surface area contributed by atoms with Crippen LogP contribution in [0, 0.1) is 5.41 Å². The van der Waals surface area contributed by atoms with Crippen LogP contribution in [0.2, 0.25) is 0 Å². The molecule has 25 heavy (non-hydrogen) atoms. The molecule has 0 bridgehead atoms. The molecule has 0 spiro atoms. The van der Waals surface area contributed by atoms with E-state index in [1.807, 2.05) is 12.1 Å². The summed E-state index contributed by atoms with van der Waals surface area (Å²) in [6.07, 6.45) is 4.92. The summed E-state index contributed by atoms with van der Waals surface area (Å²) in [7, 11) is 0. The van der Waals surface area contributed by atoms with E-state index >= 15 is 0 Å². The third-order valence-corrected chi connectivity index (χ3v) is 4.25. The number of nitrogens with one attached hydrogen (secondary N) is 1. The summed E-state index contributed by atoms with van der Waals surface area (Å²) in [6.45, 7) is 0.196. The lowest BCUT2D eigenvalue weighted by Gasteiger charge is -2.28. The van der Waals surface area contributed by atoms with E-state index in [2.05, 4.69) is 9.97 Å². The number of aliphatic hydroxyl groups excluding tert-OH is 1. The molecule has 0 radical (unpaired) electrons.